The Kier molecular flexibility index (Phi) is 5.74. The number of fused-ring (bicyclic) bond motifs is 3. The van der Waals surface area contributed by atoms with Gasteiger partial charge in [-0.1, -0.05) is 13.8 Å². The molecule has 1 saturated heterocycles. The van der Waals surface area contributed by atoms with E-state index in [0.29, 0.717) is 61.3 Å². The Balaban J connectivity index is 0.00000225. The van der Waals surface area contributed by atoms with Gasteiger partial charge < -0.3 is 4.74 Å². The standard InChI is InChI=1S/C19H24N4O4.ClH/c1-19(2)9-12-13(14(24)10-19)11-20-16-15(12)17(25)21-18(26)23(16)4-3-22-5-7-27-8-6-22;/h11H,3-10H2,1-2H3,(H,21,25,26);1H. The maximum Gasteiger partial charge on any atom is 0.330 e. The second-order valence-electron chi connectivity index (χ2n) is 8.15. The van der Waals surface area contributed by atoms with Crippen LogP contribution in [0.1, 0.15) is 36.2 Å². The summed E-state index contributed by atoms with van der Waals surface area (Å²) in [5.74, 6) is 0.00103. The summed E-state index contributed by atoms with van der Waals surface area (Å²) in [6.07, 6.45) is 2.57. The van der Waals surface area contributed by atoms with E-state index in [1.165, 1.54) is 10.8 Å². The van der Waals surface area contributed by atoms with Gasteiger partial charge in [0, 0.05) is 44.4 Å². The van der Waals surface area contributed by atoms with Crippen LogP contribution in [0.4, 0.5) is 0 Å². The molecule has 1 N–H and O–H groups in total. The summed E-state index contributed by atoms with van der Waals surface area (Å²) in [5.41, 5.74) is 0.427. The maximum absolute atomic E-state index is 12.6. The lowest BCUT2D eigenvalue weighted by Gasteiger charge is -2.30. The van der Waals surface area contributed by atoms with Gasteiger partial charge in [0.25, 0.3) is 5.56 Å². The van der Waals surface area contributed by atoms with Gasteiger partial charge >= 0.3 is 5.69 Å². The number of carbonyl (C=O) groups excluding carboxylic acids is 1. The van der Waals surface area contributed by atoms with Crippen molar-refractivity contribution in [3.8, 4) is 0 Å². The predicted molar refractivity (Wildman–Crippen MR) is 108 cm³/mol. The van der Waals surface area contributed by atoms with Gasteiger partial charge in [-0.3, -0.25) is 24.0 Å². The van der Waals surface area contributed by atoms with Crippen molar-refractivity contribution >= 4 is 29.2 Å². The summed E-state index contributed by atoms with van der Waals surface area (Å²) in [5, 5.41) is 0.371. The second-order valence-corrected chi connectivity index (χ2v) is 8.15. The van der Waals surface area contributed by atoms with Gasteiger partial charge in [0.15, 0.2) is 5.78 Å². The number of H-pyrrole nitrogens is 1. The number of Topliss-reactive ketones (excluding diaryl/α,β-unsaturated/α-hetero) is 1. The fraction of sp³-hybridized carbons (Fsp3) is 0.579. The number of ketones is 1. The lowest BCUT2D eigenvalue weighted by molar-refractivity contribution is 0.0363. The molecule has 1 aliphatic carbocycles. The van der Waals surface area contributed by atoms with Crippen LogP contribution in [0.5, 0.6) is 0 Å². The van der Waals surface area contributed by atoms with Crippen molar-refractivity contribution in [3.05, 3.63) is 38.2 Å². The highest BCUT2D eigenvalue weighted by Crippen LogP contribution is 2.36. The fourth-order valence-electron chi connectivity index (χ4n) is 4.07. The number of pyridine rings is 1. The monoisotopic (exact) mass is 408 g/mol. The van der Waals surface area contributed by atoms with E-state index in [9.17, 15) is 14.4 Å². The minimum Gasteiger partial charge on any atom is -0.379 e. The molecule has 0 spiro atoms. The van der Waals surface area contributed by atoms with Gasteiger partial charge in [0.05, 0.1) is 18.6 Å². The van der Waals surface area contributed by atoms with E-state index >= 15 is 0 Å². The molecule has 0 radical (unpaired) electrons. The molecule has 9 heteroatoms. The highest BCUT2D eigenvalue weighted by molar-refractivity contribution is 6.02. The van der Waals surface area contributed by atoms with Crippen molar-refractivity contribution < 1.29 is 9.53 Å². The number of aromatic nitrogens is 3. The van der Waals surface area contributed by atoms with E-state index in [0.717, 1.165) is 13.1 Å². The predicted octanol–water partition coefficient (Wildman–Crippen LogP) is 0.994. The van der Waals surface area contributed by atoms with E-state index in [-0.39, 0.29) is 23.6 Å². The van der Waals surface area contributed by atoms with Crippen molar-refractivity contribution in [2.45, 2.75) is 33.2 Å². The largest absolute Gasteiger partial charge is 0.379 e. The number of nitrogens with one attached hydrogen (secondary N) is 1. The topological polar surface area (TPSA) is 97.3 Å². The molecule has 2 aliphatic rings. The molecule has 152 valence electrons. The number of morpholine rings is 1. The third kappa shape index (κ3) is 3.76. The number of hydrogen-bond donors (Lipinski definition) is 1. The summed E-state index contributed by atoms with van der Waals surface area (Å²) in [7, 11) is 0. The van der Waals surface area contributed by atoms with Gasteiger partial charge in [-0.2, -0.15) is 0 Å². The Hall–Kier alpha value is -2.03. The molecule has 8 nitrogen and oxygen atoms in total. The van der Waals surface area contributed by atoms with Crippen LogP contribution < -0.4 is 11.2 Å². The van der Waals surface area contributed by atoms with Crippen LogP contribution in [0, 0.1) is 5.41 Å². The van der Waals surface area contributed by atoms with E-state index < -0.39 is 11.2 Å². The molecule has 1 aliphatic heterocycles. The molecule has 3 heterocycles. The molecule has 28 heavy (non-hydrogen) atoms. The van der Waals surface area contributed by atoms with Crippen LogP contribution in [0.15, 0.2) is 15.8 Å². The molecule has 2 aromatic rings. The summed E-state index contributed by atoms with van der Waals surface area (Å²) in [4.78, 5) is 46.5. The van der Waals surface area contributed by atoms with Gasteiger partial charge in [-0.25, -0.2) is 9.78 Å². The average Bonchev–Trinajstić information content (AvgIpc) is 2.60. The zero-order valence-electron chi connectivity index (χ0n) is 16.1. The molecule has 0 aromatic carbocycles. The van der Waals surface area contributed by atoms with Crippen molar-refractivity contribution in [1.29, 1.82) is 0 Å². The highest BCUT2D eigenvalue weighted by Gasteiger charge is 2.33. The molecule has 0 saturated carbocycles. The smallest absolute Gasteiger partial charge is 0.330 e. The van der Waals surface area contributed by atoms with E-state index in [2.05, 4.69) is 14.9 Å². The van der Waals surface area contributed by atoms with E-state index in [1.807, 2.05) is 13.8 Å². The maximum atomic E-state index is 12.6. The first kappa shape index (κ1) is 20.7. The number of halogens is 1. The number of hydrogen-bond acceptors (Lipinski definition) is 6. The summed E-state index contributed by atoms with van der Waals surface area (Å²) in [6.45, 7) is 8.14. The quantitative estimate of drug-likeness (QED) is 0.813. The summed E-state index contributed by atoms with van der Waals surface area (Å²) in [6, 6.07) is 0. The lowest BCUT2D eigenvalue weighted by Crippen LogP contribution is -2.41. The van der Waals surface area contributed by atoms with Crippen molar-refractivity contribution in [2.75, 3.05) is 32.8 Å². The SMILES string of the molecule is CC1(C)CC(=O)c2cnc3c(c2C1)c(=O)[nH]c(=O)n3CCN1CCOCC1.Cl. The second kappa shape index (κ2) is 7.77. The number of nitrogens with zero attached hydrogens (tertiary/aromatic N) is 3. The van der Waals surface area contributed by atoms with Crippen molar-refractivity contribution in [1.82, 2.24) is 19.4 Å². The van der Waals surface area contributed by atoms with Crippen LogP contribution in [0.2, 0.25) is 0 Å². The Labute approximate surface area is 168 Å². The lowest BCUT2D eigenvalue weighted by atomic mass is 9.73. The Bertz CT molecular complexity index is 1020. The molecule has 0 atom stereocenters. The first-order chi connectivity index (χ1) is 12.9. The van der Waals surface area contributed by atoms with E-state index in [4.69, 9.17) is 4.74 Å². The van der Waals surface area contributed by atoms with Crippen LogP contribution >= 0.6 is 12.4 Å². The molecule has 0 amide bonds. The van der Waals surface area contributed by atoms with Crippen LogP contribution in [-0.4, -0.2) is 58.1 Å². The summed E-state index contributed by atoms with van der Waals surface area (Å²) >= 11 is 0. The minimum absolute atomic E-state index is 0. The number of aromatic amines is 1. The molecular weight excluding hydrogens is 384 g/mol. The summed E-state index contributed by atoms with van der Waals surface area (Å²) < 4.78 is 6.86. The van der Waals surface area contributed by atoms with Gasteiger partial charge in [0.1, 0.15) is 5.65 Å². The molecule has 0 unspecified atom stereocenters. The highest BCUT2D eigenvalue weighted by atomic mass is 35.5. The zero-order chi connectivity index (χ0) is 19.2. The van der Waals surface area contributed by atoms with Crippen molar-refractivity contribution in [2.24, 2.45) is 5.41 Å². The third-order valence-corrected chi connectivity index (χ3v) is 5.45. The normalized spacial score (nSPS) is 19.3. The minimum atomic E-state index is -0.465. The van der Waals surface area contributed by atoms with E-state index in [1.54, 1.807) is 0 Å². The van der Waals surface area contributed by atoms with Crippen LogP contribution in [-0.2, 0) is 17.7 Å². The van der Waals surface area contributed by atoms with Crippen LogP contribution in [0.3, 0.4) is 0 Å². The van der Waals surface area contributed by atoms with Crippen LogP contribution in [0.25, 0.3) is 11.0 Å². The molecule has 0 bridgehead atoms. The van der Waals surface area contributed by atoms with Gasteiger partial charge in [-0.05, 0) is 17.4 Å². The average molecular weight is 409 g/mol. The Morgan fingerprint density at radius 1 is 1.14 bits per heavy atom. The third-order valence-electron chi connectivity index (χ3n) is 5.45. The zero-order valence-corrected chi connectivity index (χ0v) is 16.9. The molecule has 1 fully saturated rings. The Morgan fingerprint density at radius 3 is 2.57 bits per heavy atom. The Morgan fingerprint density at radius 2 is 1.86 bits per heavy atom. The number of ether oxygens (including phenoxy) is 1. The molecule has 4 rings (SSSR count). The first-order valence-corrected chi connectivity index (χ1v) is 9.34. The number of carbonyl (C=O) groups is 1. The first-order valence-electron chi connectivity index (χ1n) is 9.34. The van der Waals surface area contributed by atoms with Gasteiger partial charge in [0.2, 0.25) is 0 Å². The number of rotatable bonds is 3. The molecule has 2 aromatic heterocycles. The van der Waals surface area contributed by atoms with Crippen molar-refractivity contribution in [3.63, 3.8) is 0 Å². The van der Waals surface area contributed by atoms with Gasteiger partial charge in [-0.15, -0.1) is 12.4 Å². The molecular formula is C19H25ClN4O4. The fourth-order valence-corrected chi connectivity index (χ4v) is 4.07.